The van der Waals surface area contributed by atoms with Crippen LogP contribution in [0.25, 0.3) is 0 Å². The number of carbonyl (C=O) groups excluding carboxylic acids is 2. The molecule has 2 amide bonds. The van der Waals surface area contributed by atoms with Crippen molar-refractivity contribution < 1.29 is 14.3 Å². The summed E-state index contributed by atoms with van der Waals surface area (Å²) in [7, 11) is 3.43. The summed E-state index contributed by atoms with van der Waals surface area (Å²) in [6, 6.07) is -0.488. The van der Waals surface area contributed by atoms with Crippen LogP contribution in [0.5, 0.6) is 0 Å². The molecule has 21 heavy (non-hydrogen) atoms. The Balaban J connectivity index is 2.63. The summed E-state index contributed by atoms with van der Waals surface area (Å²) in [5.41, 5.74) is -0.555. The Bertz CT molecular complexity index is 355. The molecule has 0 spiro atoms. The zero-order chi connectivity index (χ0) is 16.0. The molecule has 1 rings (SSSR count). The monoisotopic (exact) mass is 298 g/mol. The molecule has 0 heterocycles. The minimum Gasteiger partial charge on any atom is -0.444 e. The van der Waals surface area contributed by atoms with Gasteiger partial charge in [-0.3, -0.25) is 4.79 Å². The lowest BCUT2D eigenvalue weighted by molar-refractivity contribution is -0.131. The van der Waals surface area contributed by atoms with E-state index in [0.717, 1.165) is 12.8 Å². The molecule has 0 bridgehead atoms. The number of alkyl carbamates (subject to hydrolysis) is 1. The van der Waals surface area contributed by atoms with Gasteiger partial charge in [-0.2, -0.15) is 0 Å². The van der Waals surface area contributed by atoms with Gasteiger partial charge in [0.25, 0.3) is 0 Å². The lowest BCUT2D eigenvalue weighted by atomic mass is 9.84. The molecule has 122 valence electrons. The Hall–Kier alpha value is -1.26. The second-order valence-corrected chi connectivity index (χ2v) is 7.17. The number of amides is 2. The first-order chi connectivity index (χ1) is 9.69. The van der Waals surface area contributed by atoms with Gasteiger partial charge in [-0.25, -0.2) is 4.79 Å². The Morgan fingerprint density at radius 3 is 2.24 bits per heavy atom. The maximum absolute atomic E-state index is 12.3. The van der Waals surface area contributed by atoms with Gasteiger partial charge >= 0.3 is 6.09 Å². The van der Waals surface area contributed by atoms with Crippen LogP contribution in [0.2, 0.25) is 0 Å². The van der Waals surface area contributed by atoms with E-state index in [0.29, 0.717) is 12.3 Å². The number of rotatable bonds is 4. The minimum absolute atomic E-state index is 0.0635. The van der Waals surface area contributed by atoms with Crippen LogP contribution < -0.4 is 5.32 Å². The molecular formula is C16H30N2O3. The molecule has 1 atom stereocenters. The first-order valence-corrected chi connectivity index (χ1v) is 7.89. The average molecular weight is 298 g/mol. The second kappa shape index (κ2) is 7.66. The molecule has 0 aromatic carbocycles. The van der Waals surface area contributed by atoms with Gasteiger partial charge in [-0.15, -0.1) is 0 Å². The fraction of sp³-hybridized carbons (Fsp3) is 0.875. The third-order valence-electron chi connectivity index (χ3n) is 3.72. The molecule has 1 unspecified atom stereocenters. The minimum atomic E-state index is -0.555. The summed E-state index contributed by atoms with van der Waals surface area (Å²) in [4.78, 5) is 25.7. The lowest BCUT2D eigenvalue weighted by Crippen LogP contribution is -2.48. The van der Waals surface area contributed by atoms with Gasteiger partial charge in [0.05, 0.1) is 0 Å². The molecule has 1 aliphatic rings. The van der Waals surface area contributed by atoms with Gasteiger partial charge < -0.3 is 15.0 Å². The van der Waals surface area contributed by atoms with Gasteiger partial charge in [0.15, 0.2) is 0 Å². The van der Waals surface area contributed by atoms with Crippen molar-refractivity contribution in [1.82, 2.24) is 10.2 Å². The van der Waals surface area contributed by atoms with Crippen molar-refractivity contribution in [2.24, 2.45) is 5.92 Å². The summed E-state index contributed by atoms with van der Waals surface area (Å²) >= 11 is 0. The molecule has 0 radical (unpaired) electrons. The van der Waals surface area contributed by atoms with Crippen molar-refractivity contribution in [3.8, 4) is 0 Å². The molecule has 1 saturated carbocycles. The predicted octanol–water partition coefficient (Wildman–Crippen LogP) is 2.94. The van der Waals surface area contributed by atoms with E-state index in [1.54, 1.807) is 14.1 Å². The molecule has 1 aliphatic carbocycles. The number of carbonyl (C=O) groups is 2. The standard InChI is InChI=1S/C16H30N2O3/c1-16(2,3)21-15(20)17-13(14(19)18(4)5)11-12-9-7-6-8-10-12/h12-13H,6-11H2,1-5H3,(H,17,20). The molecule has 0 aromatic heterocycles. The molecule has 0 saturated heterocycles. The van der Waals surface area contributed by atoms with Crippen LogP contribution in [0.3, 0.4) is 0 Å². The molecule has 5 heteroatoms. The number of hydrogen-bond donors (Lipinski definition) is 1. The van der Waals surface area contributed by atoms with Crippen molar-refractivity contribution in [3.63, 3.8) is 0 Å². The maximum atomic E-state index is 12.3. The second-order valence-electron chi connectivity index (χ2n) is 7.17. The third kappa shape index (κ3) is 6.82. The molecule has 1 N–H and O–H groups in total. The molecular weight excluding hydrogens is 268 g/mol. The third-order valence-corrected chi connectivity index (χ3v) is 3.72. The van der Waals surface area contributed by atoms with Crippen molar-refractivity contribution in [2.75, 3.05) is 14.1 Å². The quantitative estimate of drug-likeness (QED) is 0.868. The van der Waals surface area contributed by atoms with Crippen LogP contribution in [0.15, 0.2) is 0 Å². The van der Waals surface area contributed by atoms with Gasteiger partial charge in [-0.05, 0) is 33.1 Å². The van der Waals surface area contributed by atoms with Crippen LogP contribution >= 0.6 is 0 Å². The molecule has 0 aromatic rings. The lowest BCUT2D eigenvalue weighted by Gasteiger charge is -2.29. The highest BCUT2D eigenvalue weighted by atomic mass is 16.6. The van der Waals surface area contributed by atoms with Gasteiger partial charge in [0, 0.05) is 14.1 Å². The van der Waals surface area contributed by atoms with E-state index in [4.69, 9.17) is 4.74 Å². The van der Waals surface area contributed by atoms with Crippen molar-refractivity contribution in [1.29, 1.82) is 0 Å². The number of likely N-dealkylation sites (N-methyl/N-ethyl adjacent to an activating group) is 1. The van der Waals surface area contributed by atoms with Crippen LogP contribution in [0.4, 0.5) is 4.79 Å². The summed E-state index contributed by atoms with van der Waals surface area (Å²) in [6.45, 7) is 5.45. The largest absolute Gasteiger partial charge is 0.444 e. The van der Waals surface area contributed by atoms with Crippen LogP contribution in [0, 0.1) is 5.92 Å². The van der Waals surface area contributed by atoms with Crippen LogP contribution in [0.1, 0.15) is 59.3 Å². The number of hydrogen-bond acceptors (Lipinski definition) is 3. The predicted molar refractivity (Wildman–Crippen MR) is 83.0 cm³/mol. The van der Waals surface area contributed by atoms with Gasteiger partial charge in [0.2, 0.25) is 5.91 Å². The summed E-state index contributed by atoms with van der Waals surface area (Å²) in [5, 5.41) is 2.75. The zero-order valence-corrected chi connectivity index (χ0v) is 14.1. The van der Waals surface area contributed by atoms with E-state index in [-0.39, 0.29) is 5.91 Å². The summed E-state index contributed by atoms with van der Waals surface area (Å²) in [6.07, 6.45) is 6.21. The van der Waals surface area contributed by atoms with E-state index in [1.165, 1.54) is 24.2 Å². The topological polar surface area (TPSA) is 58.6 Å². The Morgan fingerprint density at radius 2 is 1.76 bits per heavy atom. The first kappa shape index (κ1) is 17.8. The van der Waals surface area contributed by atoms with Crippen molar-refractivity contribution >= 4 is 12.0 Å². The maximum Gasteiger partial charge on any atom is 0.408 e. The fourth-order valence-electron chi connectivity index (χ4n) is 2.74. The fourth-order valence-corrected chi connectivity index (χ4v) is 2.74. The summed E-state index contributed by atoms with van der Waals surface area (Å²) < 4.78 is 5.27. The van der Waals surface area contributed by atoms with Crippen molar-refractivity contribution in [2.45, 2.75) is 70.9 Å². The zero-order valence-electron chi connectivity index (χ0n) is 14.1. The number of ether oxygens (including phenoxy) is 1. The Kier molecular flexibility index (Phi) is 6.49. The molecule has 5 nitrogen and oxygen atoms in total. The summed E-state index contributed by atoms with van der Waals surface area (Å²) in [5.74, 6) is 0.453. The van der Waals surface area contributed by atoms with E-state index < -0.39 is 17.7 Å². The Labute approximate surface area is 128 Å². The normalized spacial score (nSPS) is 18.0. The average Bonchev–Trinajstić information content (AvgIpc) is 2.36. The highest BCUT2D eigenvalue weighted by Gasteiger charge is 2.28. The van der Waals surface area contributed by atoms with E-state index in [1.807, 2.05) is 20.8 Å². The molecule has 0 aliphatic heterocycles. The highest BCUT2D eigenvalue weighted by Crippen LogP contribution is 2.27. The van der Waals surface area contributed by atoms with Crippen LogP contribution in [-0.4, -0.2) is 42.6 Å². The smallest absolute Gasteiger partial charge is 0.408 e. The number of nitrogens with one attached hydrogen (secondary N) is 1. The Morgan fingerprint density at radius 1 is 1.19 bits per heavy atom. The van der Waals surface area contributed by atoms with E-state index in [2.05, 4.69) is 5.32 Å². The first-order valence-electron chi connectivity index (χ1n) is 7.89. The van der Waals surface area contributed by atoms with Crippen molar-refractivity contribution in [3.05, 3.63) is 0 Å². The molecule has 1 fully saturated rings. The van der Waals surface area contributed by atoms with Crippen LogP contribution in [-0.2, 0) is 9.53 Å². The van der Waals surface area contributed by atoms with E-state index in [9.17, 15) is 9.59 Å². The van der Waals surface area contributed by atoms with Gasteiger partial charge in [-0.1, -0.05) is 32.1 Å². The van der Waals surface area contributed by atoms with Gasteiger partial charge in [0.1, 0.15) is 11.6 Å². The van der Waals surface area contributed by atoms with E-state index >= 15 is 0 Å². The number of nitrogens with zero attached hydrogens (tertiary/aromatic N) is 1. The highest BCUT2D eigenvalue weighted by molar-refractivity contribution is 5.85. The SMILES string of the molecule is CN(C)C(=O)C(CC1CCCCC1)NC(=O)OC(C)(C)C.